The molecule has 2 nitrogen and oxygen atoms in total. The molecule has 0 N–H and O–H groups in total. The quantitative estimate of drug-likeness (QED) is 0.643. The lowest BCUT2D eigenvalue weighted by molar-refractivity contribution is -0.117. The summed E-state index contributed by atoms with van der Waals surface area (Å²) in [6, 6.07) is 4.09. The van der Waals surface area contributed by atoms with Gasteiger partial charge in [-0.15, -0.1) is 11.3 Å². The predicted octanol–water partition coefficient (Wildman–Crippen LogP) is 4.40. The maximum atomic E-state index is 11.3. The highest BCUT2D eigenvalue weighted by Crippen LogP contribution is 2.35. The van der Waals surface area contributed by atoms with Crippen molar-refractivity contribution in [1.82, 2.24) is 0 Å². The lowest BCUT2D eigenvalue weighted by Crippen LogP contribution is -2.03. The molecular weight excluding hydrogens is 232 g/mol. The molecule has 0 saturated heterocycles. The molecule has 1 aromatic heterocycles. The molecule has 0 saturated carbocycles. The normalized spacial score (nSPS) is 12.4. The van der Waals surface area contributed by atoms with E-state index >= 15 is 0 Å². The molecule has 1 aromatic rings. The topological polar surface area (TPSA) is 26.3 Å². The summed E-state index contributed by atoms with van der Waals surface area (Å²) in [5, 5.41) is 0.934. The zero-order valence-electron chi connectivity index (χ0n) is 11.0. The van der Waals surface area contributed by atoms with Crippen LogP contribution in [0.25, 0.3) is 0 Å². The second kappa shape index (κ2) is 7.49. The highest BCUT2D eigenvalue weighted by atomic mass is 32.1. The summed E-state index contributed by atoms with van der Waals surface area (Å²) in [5.41, 5.74) is 0. The summed E-state index contributed by atoms with van der Waals surface area (Å²) < 4.78 is 5.21. The highest BCUT2D eigenvalue weighted by Gasteiger charge is 2.16. The number of hydrogen-bond donors (Lipinski definition) is 0. The average Bonchev–Trinajstić information content (AvgIpc) is 2.76. The van der Waals surface area contributed by atoms with Gasteiger partial charge in [0.2, 0.25) is 0 Å². The molecule has 0 aliphatic rings. The van der Waals surface area contributed by atoms with Crippen LogP contribution in [-0.4, -0.2) is 12.9 Å². The first kappa shape index (κ1) is 14.2. The van der Waals surface area contributed by atoms with Gasteiger partial charge in [-0.2, -0.15) is 0 Å². The summed E-state index contributed by atoms with van der Waals surface area (Å²) in [4.78, 5) is 12.6. The van der Waals surface area contributed by atoms with Gasteiger partial charge in [0.05, 0.1) is 7.11 Å². The standard InChI is InChI=1S/C14H22O2S/c1-4-5-6-7-12(10-11(2)15)13-8-9-14(16-3)17-13/h8-9,12H,4-7,10H2,1-3H3. The number of ketones is 1. The Labute approximate surface area is 108 Å². The molecule has 0 aliphatic carbocycles. The zero-order valence-corrected chi connectivity index (χ0v) is 11.8. The van der Waals surface area contributed by atoms with E-state index in [4.69, 9.17) is 4.74 Å². The summed E-state index contributed by atoms with van der Waals surface area (Å²) in [5.74, 6) is 0.659. The third kappa shape index (κ3) is 4.90. The Morgan fingerprint density at radius 1 is 1.41 bits per heavy atom. The second-order valence-corrected chi connectivity index (χ2v) is 5.54. The van der Waals surface area contributed by atoms with Crippen LogP contribution in [0.1, 0.15) is 56.7 Å². The van der Waals surface area contributed by atoms with Gasteiger partial charge in [0.15, 0.2) is 5.06 Å². The SMILES string of the molecule is CCCCCC(CC(C)=O)c1ccc(OC)s1. The van der Waals surface area contributed by atoms with E-state index < -0.39 is 0 Å². The highest BCUT2D eigenvalue weighted by molar-refractivity contribution is 7.13. The average molecular weight is 254 g/mol. The first-order valence-corrected chi connectivity index (χ1v) is 7.12. The van der Waals surface area contributed by atoms with Crippen molar-refractivity contribution in [2.45, 2.75) is 51.9 Å². The molecule has 96 valence electrons. The van der Waals surface area contributed by atoms with Gasteiger partial charge in [-0.05, 0) is 25.5 Å². The van der Waals surface area contributed by atoms with Gasteiger partial charge in [-0.3, -0.25) is 0 Å². The number of thiophene rings is 1. The zero-order chi connectivity index (χ0) is 12.7. The third-order valence-corrected chi connectivity index (χ3v) is 4.10. The Morgan fingerprint density at radius 3 is 2.71 bits per heavy atom. The maximum absolute atomic E-state index is 11.3. The summed E-state index contributed by atoms with van der Waals surface area (Å²) in [6.45, 7) is 3.88. The van der Waals surface area contributed by atoms with E-state index in [9.17, 15) is 4.79 Å². The molecular formula is C14H22O2S. The Bertz CT molecular complexity index is 344. The minimum atomic E-state index is 0.277. The van der Waals surface area contributed by atoms with Crippen molar-refractivity contribution in [3.05, 3.63) is 17.0 Å². The van der Waals surface area contributed by atoms with Gasteiger partial charge in [0, 0.05) is 17.2 Å². The molecule has 0 aliphatic heterocycles. The molecule has 1 atom stereocenters. The van der Waals surface area contributed by atoms with E-state index in [0.717, 1.165) is 11.5 Å². The fourth-order valence-corrected chi connectivity index (χ4v) is 2.95. The maximum Gasteiger partial charge on any atom is 0.173 e. The summed E-state index contributed by atoms with van der Waals surface area (Å²) in [6.07, 6.45) is 5.44. The van der Waals surface area contributed by atoms with E-state index in [1.807, 2.05) is 6.07 Å². The number of hydrogen-bond acceptors (Lipinski definition) is 3. The van der Waals surface area contributed by atoms with E-state index in [2.05, 4.69) is 13.0 Å². The number of carbonyl (C=O) groups excluding carboxylic acids is 1. The van der Waals surface area contributed by atoms with Crippen LogP contribution < -0.4 is 4.74 Å². The van der Waals surface area contributed by atoms with E-state index in [-0.39, 0.29) is 5.78 Å². The van der Waals surface area contributed by atoms with E-state index in [1.165, 1.54) is 24.1 Å². The number of methoxy groups -OCH3 is 1. The van der Waals surface area contributed by atoms with Crippen LogP contribution in [0.15, 0.2) is 12.1 Å². The smallest absolute Gasteiger partial charge is 0.173 e. The number of ether oxygens (including phenoxy) is 1. The monoisotopic (exact) mass is 254 g/mol. The number of unbranched alkanes of at least 4 members (excludes halogenated alkanes) is 2. The lowest BCUT2D eigenvalue weighted by Gasteiger charge is -2.13. The second-order valence-electron chi connectivity index (χ2n) is 4.46. The lowest BCUT2D eigenvalue weighted by atomic mass is 9.94. The first-order chi connectivity index (χ1) is 8.17. The Balaban J connectivity index is 2.63. The third-order valence-electron chi connectivity index (χ3n) is 2.90. The molecule has 0 radical (unpaired) electrons. The molecule has 0 amide bonds. The predicted molar refractivity (Wildman–Crippen MR) is 73.1 cm³/mol. The molecule has 0 bridgehead atoms. The Kier molecular flexibility index (Phi) is 6.27. The van der Waals surface area contributed by atoms with Gasteiger partial charge in [0.25, 0.3) is 0 Å². The minimum Gasteiger partial charge on any atom is -0.487 e. The largest absolute Gasteiger partial charge is 0.487 e. The van der Waals surface area contributed by atoms with Crippen LogP contribution in [0.3, 0.4) is 0 Å². The van der Waals surface area contributed by atoms with Crippen LogP contribution in [-0.2, 0) is 4.79 Å². The molecule has 1 rings (SSSR count). The number of carbonyl (C=O) groups is 1. The van der Waals surface area contributed by atoms with Crippen LogP contribution in [0.4, 0.5) is 0 Å². The van der Waals surface area contributed by atoms with Crippen molar-refractivity contribution in [2.24, 2.45) is 0 Å². The molecule has 3 heteroatoms. The van der Waals surface area contributed by atoms with Crippen LogP contribution in [0.5, 0.6) is 5.06 Å². The van der Waals surface area contributed by atoms with Crippen molar-refractivity contribution in [2.75, 3.05) is 7.11 Å². The molecule has 0 fully saturated rings. The minimum absolute atomic E-state index is 0.277. The van der Waals surface area contributed by atoms with Gasteiger partial charge in [-0.25, -0.2) is 0 Å². The molecule has 0 aromatic carbocycles. The summed E-state index contributed by atoms with van der Waals surface area (Å²) >= 11 is 1.67. The van der Waals surface area contributed by atoms with Gasteiger partial charge in [0.1, 0.15) is 5.78 Å². The van der Waals surface area contributed by atoms with E-state index in [1.54, 1.807) is 25.4 Å². The van der Waals surface area contributed by atoms with Crippen molar-refractivity contribution in [3.8, 4) is 5.06 Å². The Morgan fingerprint density at radius 2 is 2.18 bits per heavy atom. The molecule has 1 heterocycles. The van der Waals surface area contributed by atoms with Crippen molar-refractivity contribution >= 4 is 17.1 Å². The van der Waals surface area contributed by atoms with Gasteiger partial charge >= 0.3 is 0 Å². The summed E-state index contributed by atoms with van der Waals surface area (Å²) in [7, 11) is 1.69. The number of rotatable bonds is 8. The van der Waals surface area contributed by atoms with Crippen LogP contribution in [0, 0.1) is 0 Å². The van der Waals surface area contributed by atoms with E-state index in [0.29, 0.717) is 12.3 Å². The molecule has 17 heavy (non-hydrogen) atoms. The Hall–Kier alpha value is -0.830. The van der Waals surface area contributed by atoms with Gasteiger partial charge < -0.3 is 9.53 Å². The van der Waals surface area contributed by atoms with Crippen LogP contribution >= 0.6 is 11.3 Å². The van der Waals surface area contributed by atoms with Crippen molar-refractivity contribution < 1.29 is 9.53 Å². The first-order valence-electron chi connectivity index (χ1n) is 6.30. The fraction of sp³-hybridized carbons (Fsp3) is 0.643. The van der Waals surface area contributed by atoms with Crippen molar-refractivity contribution in [1.29, 1.82) is 0 Å². The van der Waals surface area contributed by atoms with Gasteiger partial charge in [-0.1, -0.05) is 26.2 Å². The molecule has 0 spiro atoms. The van der Waals surface area contributed by atoms with Crippen molar-refractivity contribution in [3.63, 3.8) is 0 Å². The number of Topliss-reactive ketones (excluding diaryl/α,β-unsaturated/α-hetero) is 1. The van der Waals surface area contributed by atoms with Crippen LogP contribution in [0.2, 0.25) is 0 Å². The fourth-order valence-electron chi connectivity index (χ4n) is 2.00. The molecule has 1 unspecified atom stereocenters.